The Hall–Kier alpha value is -0.830. The second-order valence-electron chi connectivity index (χ2n) is 2.81. The van der Waals surface area contributed by atoms with E-state index < -0.39 is 0 Å². The Labute approximate surface area is 67.1 Å². The van der Waals surface area contributed by atoms with Crippen molar-refractivity contribution in [3.05, 3.63) is 12.7 Å². The van der Waals surface area contributed by atoms with Crippen molar-refractivity contribution in [2.45, 2.75) is 12.5 Å². The van der Waals surface area contributed by atoms with E-state index in [1.54, 1.807) is 11.0 Å². The molecule has 1 heterocycles. The Kier molecular flexibility index (Phi) is 2.65. The molecule has 3 heteroatoms. The normalized spacial score (nSPS) is 17.2. The van der Waals surface area contributed by atoms with Gasteiger partial charge in [-0.15, -0.1) is 6.58 Å². The predicted molar refractivity (Wildman–Crippen MR) is 44.2 cm³/mol. The fourth-order valence-corrected chi connectivity index (χ4v) is 1.02. The summed E-state index contributed by atoms with van der Waals surface area (Å²) in [5.41, 5.74) is 0. The molecular formula is C8H14N2O. The van der Waals surface area contributed by atoms with Crippen LogP contribution in [-0.4, -0.2) is 37.0 Å². The highest BCUT2D eigenvalue weighted by molar-refractivity contribution is 5.77. The van der Waals surface area contributed by atoms with E-state index in [-0.39, 0.29) is 5.91 Å². The summed E-state index contributed by atoms with van der Waals surface area (Å²) in [5, 5.41) is 3.12. The van der Waals surface area contributed by atoms with Crippen LogP contribution in [0.1, 0.15) is 6.42 Å². The molecule has 1 amide bonds. The van der Waals surface area contributed by atoms with Crippen LogP contribution in [0.2, 0.25) is 0 Å². The van der Waals surface area contributed by atoms with Gasteiger partial charge in [0.1, 0.15) is 0 Å². The van der Waals surface area contributed by atoms with Crippen LogP contribution in [0.15, 0.2) is 12.7 Å². The van der Waals surface area contributed by atoms with Gasteiger partial charge < -0.3 is 10.2 Å². The van der Waals surface area contributed by atoms with Crippen LogP contribution < -0.4 is 5.32 Å². The fraction of sp³-hybridized carbons (Fsp3) is 0.625. The molecule has 0 aromatic heterocycles. The zero-order chi connectivity index (χ0) is 8.27. The van der Waals surface area contributed by atoms with Crippen LogP contribution >= 0.6 is 0 Å². The number of rotatable bonds is 3. The fourth-order valence-electron chi connectivity index (χ4n) is 1.02. The van der Waals surface area contributed by atoms with Crippen molar-refractivity contribution in [1.82, 2.24) is 10.2 Å². The van der Waals surface area contributed by atoms with E-state index in [4.69, 9.17) is 0 Å². The quantitative estimate of drug-likeness (QED) is 0.580. The summed E-state index contributed by atoms with van der Waals surface area (Å²) in [4.78, 5) is 13.0. The van der Waals surface area contributed by atoms with E-state index in [1.807, 2.05) is 7.05 Å². The monoisotopic (exact) mass is 154 g/mol. The molecule has 0 aromatic carbocycles. The summed E-state index contributed by atoms with van der Waals surface area (Å²) in [7, 11) is 1.84. The van der Waals surface area contributed by atoms with Crippen molar-refractivity contribution in [2.24, 2.45) is 0 Å². The van der Waals surface area contributed by atoms with Crippen LogP contribution in [0.5, 0.6) is 0 Å². The number of hydrogen-bond acceptors (Lipinski definition) is 2. The van der Waals surface area contributed by atoms with Crippen molar-refractivity contribution in [3.63, 3.8) is 0 Å². The molecule has 0 aliphatic carbocycles. The molecule has 0 unspecified atom stereocenters. The SMILES string of the molecule is C=CCC(=O)N(C)C1CNC1. The first-order valence-corrected chi connectivity index (χ1v) is 3.83. The molecule has 0 radical (unpaired) electrons. The smallest absolute Gasteiger partial charge is 0.226 e. The molecule has 1 fully saturated rings. The Morgan fingerprint density at radius 2 is 2.45 bits per heavy atom. The lowest BCUT2D eigenvalue weighted by Crippen LogP contribution is -2.57. The number of hydrogen-bond donors (Lipinski definition) is 1. The third-order valence-electron chi connectivity index (χ3n) is 2.02. The Bertz CT molecular complexity index is 163. The van der Waals surface area contributed by atoms with E-state index in [0.29, 0.717) is 12.5 Å². The first kappa shape index (κ1) is 8.27. The minimum atomic E-state index is 0.159. The van der Waals surface area contributed by atoms with Gasteiger partial charge in [0.2, 0.25) is 5.91 Å². The molecular weight excluding hydrogens is 140 g/mol. The van der Waals surface area contributed by atoms with Gasteiger partial charge in [-0.3, -0.25) is 4.79 Å². The summed E-state index contributed by atoms with van der Waals surface area (Å²) in [6.07, 6.45) is 2.10. The highest BCUT2D eigenvalue weighted by Gasteiger charge is 2.23. The van der Waals surface area contributed by atoms with Gasteiger partial charge in [-0.2, -0.15) is 0 Å². The third-order valence-corrected chi connectivity index (χ3v) is 2.02. The van der Waals surface area contributed by atoms with Crippen LogP contribution in [0.3, 0.4) is 0 Å². The summed E-state index contributed by atoms with van der Waals surface area (Å²) < 4.78 is 0. The lowest BCUT2D eigenvalue weighted by molar-refractivity contribution is -0.131. The van der Waals surface area contributed by atoms with Gasteiger partial charge in [-0.05, 0) is 0 Å². The molecule has 0 saturated carbocycles. The number of carbonyl (C=O) groups excluding carboxylic acids is 1. The number of amides is 1. The Balaban J connectivity index is 2.32. The maximum atomic E-state index is 11.2. The van der Waals surface area contributed by atoms with Crippen molar-refractivity contribution >= 4 is 5.91 Å². The zero-order valence-electron chi connectivity index (χ0n) is 6.84. The standard InChI is InChI=1S/C8H14N2O/c1-3-4-8(11)10(2)7-5-9-6-7/h3,7,9H,1,4-6H2,2H3. The minimum absolute atomic E-state index is 0.159. The molecule has 62 valence electrons. The molecule has 0 aromatic rings. The first-order valence-electron chi connectivity index (χ1n) is 3.83. The van der Waals surface area contributed by atoms with E-state index in [0.717, 1.165) is 13.1 Å². The molecule has 0 bridgehead atoms. The van der Waals surface area contributed by atoms with Crippen LogP contribution in [-0.2, 0) is 4.79 Å². The minimum Gasteiger partial charge on any atom is -0.340 e. The molecule has 1 aliphatic rings. The summed E-state index contributed by atoms with van der Waals surface area (Å²) >= 11 is 0. The average molecular weight is 154 g/mol. The average Bonchev–Trinajstić information content (AvgIpc) is 1.84. The summed E-state index contributed by atoms with van der Waals surface area (Å²) in [6, 6.07) is 0.405. The van der Waals surface area contributed by atoms with Gasteiger partial charge >= 0.3 is 0 Å². The largest absolute Gasteiger partial charge is 0.340 e. The second-order valence-corrected chi connectivity index (χ2v) is 2.81. The molecule has 1 N–H and O–H groups in total. The third kappa shape index (κ3) is 1.80. The van der Waals surface area contributed by atoms with E-state index >= 15 is 0 Å². The van der Waals surface area contributed by atoms with Crippen molar-refractivity contribution in [3.8, 4) is 0 Å². The highest BCUT2D eigenvalue weighted by Crippen LogP contribution is 2.03. The lowest BCUT2D eigenvalue weighted by atomic mass is 10.1. The van der Waals surface area contributed by atoms with E-state index in [1.165, 1.54) is 0 Å². The number of nitrogens with one attached hydrogen (secondary N) is 1. The highest BCUT2D eigenvalue weighted by atomic mass is 16.2. The van der Waals surface area contributed by atoms with Crippen molar-refractivity contribution in [2.75, 3.05) is 20.1 Å². The van der Waals surface area contributed by atoms with Gasteiger partial charge in [0.25, 0.3) is 0 Å². The van der Waals surface area contributed by atoms with E-state index in [9.17, 15) is 4.79 Å². The number of carbonyl (C=O) groups is 1. The van der Waals surface area contributed by atoms with Gasteiger partial charge in [0.05, 0.1) is 6.04 Å². The van der Waals surface area contributed by atoms with Gasteiger partial charge in [0.15, 0.2) is 0 Å². The lowest BCUT2D eigenvalue weighted by Gasteiger charge is -2.35. The molecule has 0 atom stereocenters. The topological polar surface area (TPSA) is 32.3 Å². The van der Waals surface area contributed by atoms with Gasteiger partial charge in [-0.1, -0.05) is 6.08 Å². The van der Waals surface area contributed by atoms with E-state index in [2.05, 4.69) is 11.9 Å². The zero-order valence-corrected chi connectivity index (χ0v) is 6.84. The van der Waals surface area contributed by atoms with Crippen molar-refractivity contribution in [1.29, 1.82) is 0 Å². The van der Waals surface area contributed by atoms with Gasteiger partial charge in [-0.25, -0.2) is 0 Å². The first-order chi connectivity index (χ1) is 5.25. The van der Waals surface area contributed by atoms with Crippen LogP contribution in [0, 0.1) is 0 Å². The Morgan fingerprint density at radius 3 is 2.82 bits per heavy atom. The van der Waals surface area contributed by atoms with Crippen molar-refractivity contribution < 1.29 is 4.79 Å². The summed E-state index contributed by atoms with van der Waals surface area (Å²) in [5.74, 6) is 0.159. The second kappa shape index (κ2) is 3.53. The van der Waals surface area contributed by atoms with Crippen LogP contribution in [0.4, 0.5) is 0 Å². The van der Waals surface area contributed by atoms with Gasteiger partial charge in [0, 0.05) is 26.6 Å². The molecule has 0 spiro atoms. The molecule has 1 aliphatic heterocycles. The molecule has 1 saturated heterocycles. The summed E-state index contributed by atoms with van der Waals surface area (Å²) in [6.45, 7) is 5.38. The number of likely N-dealkylation sites (N-methyl/N-ethyl adjacent to an activating group) is 1. The molecule has 1 rings (SSSR count). The number of nitrogens with zero attached hydrogens (tertiary/aromatic N) is 1. The maximum Gasteiger partial charge on any atom is 0.226 e. The van der Waals surface area contributed by atoms with Crippen LogP contribution in [0.25, 0.3) is 0 Å². The Morgan fingerprint density at radius 1 is 1.82 bits per heavy atom. The molecule has 3 nitrogen and oxygen atoms in total. The predicted octanol–water partition coefficient (Wildman–Crippen LogP) is -0.00730. The molecule has 11 heavy (non-hydrogen) atoms. The maximum absolute atomic E-state index is 11.2.